The average molecular weight is 371 g/mol. The first-order valence-electron chi connectivity index (χ1n) is 9.48. The SMILES string of the molecule is CC(C)c1cc(C(C)C)c(COC(=O)CC2=CC(=O)NC2=O)c(C(C)C)c1. The number of benzene rings is 1. The van der Waals surface area contributed by atoms with E-state index >= 15 is 0 Å². The zero-order valence-corrected chi connectivity index (χ0v) is 17.0. The molecule has 1 N–H and O–H groups in total. The normalized spacial score (nSPS) is 14.2. The Hall–Kier alpha value is -2.43. The minimum Gasteiger partial charge on any atom is -0.461 e. The zero-order chi connectivity index (χ0) is 20.3. The Morgan fingerprint density at radius 1 is 0.963 bits per heavy atom. The number of carbonyl (C=O) groups is 3. The van der Waals surface area contributed by atoms with Gasteiger partial charge in [-0.3, -0.25) is 19.7 Å². The third-order valence-electron chi connectivity index (χ3n) is 4.80. The lowest BCUT2D eigenvalue weighted by atomic mass is 9.85. The van der Waals surface area contributed by atoms with E-state index in [1.165, 1.54) is 16.7 Å². The maximum absolute atomic E-state index is 12.2. The summed E-state index contributed by atoms with van der Waals surface area (Å²) in [7, 11) is 0. The van der Waals surface area contributed by atoms with Crippen LogP contribution in [0.25, 0.3) is 0 Å². The Morgan fingerprint density at radius 3 is 1.93 bits per heavy atom. The van der Waals surface area contributed by atoms with Crippen molar-refractivity contribution in [2.24, 2.45) is 0 Å². The molecule has 0 spiro atoms. The van der Waals surface area contributed by atoms with Crippen LogP contribution in [0.3, 0.4) is 0 Å². The van der Waals surface area contributed by atoms with Crippen molar-refractivity contribution in [3.8, 4) is 0 Å². The second-order valence-corrected chi connectivity index (χ2v) is 7.97. The van der Waals surface area contributed by atoms with Gasteiger partial charge in [0.15, 0.2) is 0 Å². The van der Waals surface area contributed by atoms with Crippen molar-refractivity contribution in [1.82, 2.24) is 5.32 Å². The summed E-state index contributed by atoms with van der Waals surface area (Å²) in [4.78, 5) is 35.0. The molecular weight excluding hydrogens is 342 g/mol. The highest BCUT2D eigenvalue weighted by atomic mass is 16.5. The first-order chi connectivity index (χ1) is 12.6. The molecule has 0 atom stereocenters. The molecule has 27 heavy (non-hydrogen) atoms. The number of carbonyl (C=O) groups excluding carboxylic acids is 3. The maximum atomic E-state index is 12.2. The predicted octanol–water partition coefficient (Wildman–Crippen LogP) is 4.07. The Labute approximate surface area is 161 Å². The molecule has 1 aromatic carbocycles. The highest BCUT2D eigenvalue weighted by Gasteiger charge is 2.24. The highest BCUT2D eigenvalue weighted by molar-refractivity contribution is 6.17. The molecule has 2 amide bonds. The summed E-state index contributed by atoms with van der Waals surface area (Å²) in [6, 6.07) is 4.41. The standard InChI is InChI=1S/C22H29NO4/c1-12(2)15-7-17(13(3)4)19(18(8-15)14(5)6)11-27-21(25)10-16-9-20(24)23-22(16)26/h7-9,12-14H,10-11H2,1-6H3,(H,23,24,26). The summed E-state index contributed by atoms with van der Waals surface area (Å²) in [6.45, 7) is 13.0. The molecule has 2 rings (SSSR count). The molecule has 0 aliphatic carbocycles. The van der Waals surface area contributed by atoms with E-state index in [9.17, 15) is 14.4 Å². The molecule has 1 aliphatic heterocycles. The van der Waals surface area contributed by atoms with Gasteiger partial charge in [-0.25, -0.2) is 0 Å². The number of ether oxygens (including phenoxy) is 1. The molecule has 0 saturated heterocycles. The minimum absolute atomic E-state index is 0.147. The lowest BCUT2D eigenvalue weighted by Gasteiger charge is -2.22. The number of amides is 2. The Bertz CT molecular complexity index is 758. The van der Waals surface area contributed by atoms with Crippen molar-refractivity contribution in [2.75, 3.05) is 0 Å². The Morgan fingerprint density at radius 2 is 1.52 bits per heavy atom. The molecular formula is C22H29NO4. The first kappa shape index (κ1) is 20.9. The van der Waals surface area contributed by atoms with Crippen LogP contribution in [0.5, 0.6) is 0 Å². The monoisotopic (exact) mass is 371 g/mol. The first-order valence-corrected chi connectivity index (χ1v) is 9.48. The molecule has 0 radical (unpaired) electrons. The van der Waals surface area contributed by atoms with Crippen LogP contribution in [0.2, 0.25) is 0 Å². The molecule has 5 nitrogen and oxygen atoms in total. The van der Waals surface area contributed by atoms with E-state index in [1.54, 1.807) is 0 Å². The molecule has 0 aromatic heterocycles. The lowest BCUT2D eigenvalue weighted by molar-refractivity contribution is -0.144. The molecule has 0 unspecified atom stereocenters. The number of imide groups is 1. The zero-order valence-electron chi connectivity index (χ0n) is 17.0. The number of nitrogens with one attached hydrogen (secondary N) is 1. The quantitative estimate of drug-likeness (QED) is 0.579. The van der Waals surface area contributed by atoms with Crippen LogP contribution in [0.15, 0.2) is 23.8 Å². The van der Waals surface area contributed by atoms with Crippen LogP contribution < -0.4 is 5.32 Å². The van der Waals surface area contributed by atoms with Gasteiger partial charge in [-0.1, -0.05) is 53.7 Å². The Kier molecular flexibility index (Phi) is 6.58. The van der Waals surface area contributed by atoms with Crippen molar-refractivity contribution in [3.05, 3.63) is 46.0 Å². The molecule has 1 heterocycles. The van der Waals surface area contributed by atoms with E-state index in [4.69, 9.17) is 4.74 Å². The second-order valence-electron chi connectivity index (χ2n) is 7.97. The van der Waals surface area contributed by atoms with Crippen molar-refractivity contribution in [3.63, 3.8) is 0 Å². The molecule has 0 saturated carbocycles. The van der Waals surface area contributed by atoms with Crippen LogP contribution in [-0.4, -0.2) is 17.8 Å². The van der Waals surface area contributed by atoms with E-state index in [2.05, 4.69) is 59.0 Å². The number of rotatable bonds is 7. The molecule has 5 heteroatoms. The predicted molar refractivity (Wildman–Crippen MR) is 104 cm³/mol. The van der Waals surface area contributed by atoms with Crippen LogP contribution in [0.1, 0.15) is 88.0 Å². The van der Waals surface area contributed by atoms with E-state index in [0.29, 0.717) is 17.8 Å². The van der Waals surface area contributed by atoms with Crippen LogP contribution in [0, 0.1) is 0 Å². The van der Waals surface area contributed by atoms with Crippen molar-refractivity contribution < 1.29 is 19.1 Å². The van der Waals surface area contributed by atoms with Crippen molar-refractivity contribution >= 4 is 17.8 Å². The van der Waals surface area contributed by atoms with Gasteiger partial charge in [-0.2, -0.15) is 0 Å². The molecule has 146 valence electrons. The number of esters is 1. The van der Waals surface area contributed by atoms with Crippen molar-refractivity contribution in [1.29, 1.82) is 0 Å². The highest BCUT2D eigenvalue weighted by Crippen LogP contribution is 2.32. The number of hydrogen-bond acceptors (Lipinski definition) is 4. The van der Waals surface area contributed by atoms with E-state index < -0.39 is 17.8 Å². The van der Waals surface area contributed by atoms with Gasteiger partial charge >= 0.3 is 5.97 Å². The van der Waals surface area contributed by atoms with Gasteiger partial charge in [0.05, 0.1) is 6.42 Å². The summed E-state index contributed by atoms with van der Waals surface area (Å²) in [5.74, 6) is -0.502. The van der Waals surface area contributed by atoms with Crippen LogP contribution in [-0.2, 0) is 25.7 Å². The maximum Gasteiger partial charge on any atom is 0.310 e. The van der Waals surface area contributed by atoms with Gasteiger partial charge in [-0.15, -0.1) is 0 Å². The fraction of sp³-hybridized carbons (Fsp3) is 0.500. The van der Waals surface area contributed by atoms with Gasteiger partial charge < -0.3 is 4.74 Å². The summed E-state index contributed by atoms with van der Waals surface area (Å²) in [5.41, 5.74) is 4.84. The fourth-order valence-electron chi connectivity index (χ4n) is 3.21. The van der Waals surface area contributed by atoms with Gasteiger partial charge in [0.25, 0.3) is 11.8 Å². The molecule has 1 aromatic rings. The largest absolute Gasteiger partial charge is 0.461 e. The topological polar surface area (TPSA) is 72.5 Å². The van der Waals surface area contributed by atoms with E-state index in [1.807, 2.05) is 0 Å². The van der Waals surface area contributed by atoms with Gasteiger partial charge in [0, 0.05) is 11.6 Å². The fourth-order valence-corrected chi connectivity index (χ4v) is 3.21. The summed E-state index contributed by atoms with van der Waals surface area (Å²) in [6.07, 6.45) is 0.954. The Balaban J connectivity index is 2.24. The van der Waals surface area contributed by atoms with Crippen LogP contribution >= 0.6 is 0 Å². The smallest absolute Gasteiger partial charge is 0.310 e. The van der Waals surface area contributed by atoms with E-state index in [-0.39, 0.29) is 18.6 Å². The molecule has 0 bridgehead atoms. The van der Waals surface area contributed by atoms with Gasteiger partial charge in [0.1, 0.15) is 6.61 Å². The van der Waals surface area contributed by atoms with Crippen LogP contribution in [0.4, 0.5) is 0 Å². The lowest BCUT2D eigenvalue weighted by Crippen LogP contribution is -2.23. The molecule has 0 fully saturated rings. The van der Waals surface area contributed by atoms with Crippen molar-refractivity contribution in [2.45, 2.75) is 72.3 Å². The summed E-state index contributed by atoms with van der Waals surface area (Å²) in [5, 5.41) is 2.13. The van der Waals surface area contributed by atoms with E-state index in [0.717, 1.165) is 11.6 Å². The second kappa shape index (κ2) is 8.51. The number of hydrogen-bond donors (Lipinski definition) is 1. The third-order valence-corrected chi connectivity index (χ3v) is 4.80. The summed E-state index contributed by atoms with van der Waals surface area (Å²) >= 11 is 0. The third kappa shape index (κ3) is 5.06. The average Bonchev–Trinajstić information content (AvgIpc) is 2.88. The van der Waals surface area contributed by atoms with Gasteiger partial charge in [-0.05, 0) is 40.0 Å². The summed E-state index contributed by atoms with van der Waals surface area (Å²) < 4.78 is 5.48. The minimum atomic E-state index is -0.524. The van der Waals surface area contributed by atoms with Gasteiger partial charge in [0.2, 0.25) is 0 Å². The molecule has 1 aliphatic rings.